The van der Waals surface area contributed by atoms with Crippen molar-refractivity contribution < 1.29 is 4.79 Å². The molecule has 0 spiro atoms. The molecular formula is C16H19N3O. The van der Waals surface area contributed by atoms with Crippen molar-refractivity contribution in [2.45, 2.75) is 13.0 Å². The number of rotatable bonds is 1. The van der Waals surface area contributed by atoms with Crippen molar-refractivity contribution in [3.05, 3.63) is 36.0 Å². The van der Waals surface area contributed by atoms with Crippen LogP contribution in [0.1, 0.15) is 17.3 Å². The first-order chi connectivity index (χ1) is 9.74. The molecule has 0 aliphatic carbocycles. The maximum Gasteiger partial charge on any atom is 0.254 e. The molecular weight excluding hydrogens is 250 g/mol. The fourth-order valence-electron chi connectivity index (χ4n) is 3.79. The van der Waals surface area contributed by atoms with E-state index in [1.165, 1.54) is 0 Å². The van der Waals surface area contributed by atoms with E-state index in [9.17, 15) is 4.79 Å². The minimum Gasteiger partial charge on any atom is -0.361 e. The average molecular weight is 269 g/mol. The zero-order valence-electron chi connectivity index (χ0n) is 11.6. The molecule has 4 heteroatoms. The second-order valence-corrected chi connectivity index (χ2v) is 6.06. The molecule has 104 valence electrons. The molecule has 2 aliphatic rings. The highest BCUT2D eigenvalue weighted by Gasteiger charge is 2.43. The molecule has 1 aromatic heterocycles. The summed E-state index contributed by atoms with van der Waals surface area (Å²) >= 11 is 0. The van der Waals surface area contributed by atoms with E-state index in [0.29, 0.717) is 17.9 Å². The highest BCUT2D eigenvalue weighted by molar-refractivity contribution is 5.98. The standard InChI is InChI=1S/C16H19N3O/c1-10-14-8-17-7-13(14)9-19(10)16(20)12-2-3-15-11(6-12)4-5-18-15/h2-6,10,13-14,17-18H,7-9H2,1H3. The average Bonchev–Trinajstić information content (AvgIpc) is 3.15. The smallest absolute Gasteiger partial charge is 0.254 e. The Balaban J connectivity index is 1.63. The molecule has 2 N–H and O–H groups in total. The second kappa shape index (κ2) is 4.35. The summed E-state index contributed by atoms with van der Waals surface area (Å²) in [6.07, 6.45) is 1.91. The minimum atomic E-state index is 0.176. The molecule has 2 fully saturated rings. The number of carbonyl (C=O) groups excluding carboxylic acids is 1. The zero-order chi connectivity index (χ0) is 13.7. The van der Waals surface area contributed by atoms with Gasteiger partial charge in [0.15, 0.2) is 0 Å². The summed E-state index contributed by atoms with van der Waals surface area (Å²) in [5, 5.41) is 4.53. The van der Waals surface area contributed by atoms with Gasteiger partial charge in [0.1, 0.15) is 0 Å². The summed E-state index contributed by atoms with van der Waals surface area (Å²) in [7, 11) is 0. The highest BCUT2D eigenvalue weighted by Crippen LogP contribution is 2.33. The van der Waals surface area contributed by atoms with E-state index in [-0.39, 0.29) is 5.91 Å². The number of aromatic amines is 1. The van der Waals surface area contributed by atoms with E-state index in [0.717, 1.165) is 36.1 Å². The van der Waals surface area contributed by atoms with Crippen molar-refractivity contribution in [2.75, 3.05) is 19.6 Å². The SMILES string of the molecule is CC1C2CNCC2CN1C(=O)c1ccc2[nH]ccc2c1. The number of likely N-dealkylation sites (tertiary alicyclic amines) is 1. The molecule has 3 atom stereocenters. The van der Waals surface area contributed by atoms with Crippen molar-refractivity contribution in [1.82, 2.24) is 15.2 Å². The molecule has 1 amide bonds. The fraction of sp³-hybridized carbons (Fsp3) is 0.438. The molecule has 0 bridgehead atoms. The van der Waals surface area contributed by atoms with Crippen LogP contribution >= 0.6 is 0 Å². The molecule has 2 aliphatic heterocycles. The Kier molecular flexibility index (Phi) is 2.60. The van der Waals surface area contributed by atoms with E-state index in [2.05, 4.69) is 22.1 Å². The number of hydrogen-bond donors (Lipinski definition) is 2. The Morgan fingerprint density at radius 1 is 1.30 bits per heavy atom. The number of nitrogens with zero attached hydrogens (tertiary/aromatic N) is 1. The number of aromatic nitrogens is 1. The van der Waals surface area contributed by atoms with Crippen LogP contribution in [0.25, 0.3) is 10.9 Å². The van der Waals surface area contributed by atoms with Gasteiger partial charge in [0, 0.05) is 48.3 Å². The van der Waals surface area contributed by atoms with Gasteiger partial charge in [-0.3, -0.25) is 4.79 Å². The molecule has 0 saturated carbocycles. The Labute approximate surface area is 118 Å². The third-order valence-electron chi connectivity index (χ3n) is 5.00. The van der Waals surface area contributed by atoms with Crippen LogP contribution in [0.3, 0.4) is 0 Å². The molecule has 3 heterocycles. The Morgan fingerprint density at radius 2 is 2.20 bits per heavy atom. The summed E-state index contributed by atoms with van der Waals surface area (Å²) in [6, 6.07) is 8.27. The van der Waals surface area contributed by atoms with Gasteiger partial charge in [-0.2, -0.15) is 0 Å². The van der Waals surface area contributed by atoms with Crippen molar-refractivity contribution in [2.24, 2.45) is 11.8 Å². The Bertz CT molecular complexity index is 663. The number of H-pyrrole nitrogens is 1. The van der Waals surface area contributed by atoms with Crippen LogP contribution in [-0.4, -0.2) is 41.5 Å². The van der Waals surface area contributed by atoms with Gasteiger partial charge in [0.2, 0.25) is 0 Å². The monoisotopic (exact) mass is 269 g/mol. The van der Waals surface area contributed by atoms with Crippen LogP contribution in [0.2, 0.25) is 0 Å². The van der Waals surface area contributed by atoms with Gasteiger partial charge < -0.3 is 15.2 Å². The number of nitrogens with one attached hydrogen (secondary N) is 2. The lowest BCUT2D eigenvalue weighted by molar-refractivity contribution is 0.0728. The van der Waals surface area contributed by atoms with Crippen LogP contribution in [0.4, 0.5) is 0 Å². The van der Waals surface area contributed by atoms with Crippen LogP contribution < -0.4 is 5.32 Å². The molecule has 2 saturated heterocycles. The van der Waals surface area contributed by atoms with Crippen LogP contribution in [0.5, 0.6) is 0 Å². The van der Waals surface area contributed by atoms with Crippen molar-refractivity contribution in [3.63, 3.8) is 0 Å². The molecule has 1 aromatic carbocycles. The Morgan fingerprint density at radius 3 is 3.05 bits per heavy atom. The third kappa shape index (κ3) is 1.68. The molecule has 20 heavy (non-hydrogen) atoms. The van der Waals surface area contributed by atoms with E-state index < -0.39 is 0 Å². The van der Waals surface area contributed by atoms with Gasteiger partial charge in [-0.1, -0.05) is 0 Å². The Hall–Kier alpha value is -1.81. The van der Waals surface area contributed by atoms with E-state index in [1.54, 1.807) is 0 Å². The lowest BCUT2D eigenvalue weighted by Crippen LogP contribution is -2.38. The normalized spacial score (nSPS) is 29.1. The number of amides is 1. The third-order valence-corrected chi connectivity index (χ3v) is 5.00. The molecule has 2 aromatic rings. The second-order valence-electron chi connectivity index (χ2n) is 6.06. The van der Waals surface area contributed by atoms with Crippen LogP contribution in [-0.2, 0) is 0 Å². The molecule has 3 unspecified atom stereocenters. The quantitative estimate of drug-likeness (QED) is 0.830. The number of fused-ring (bicyclic) bond motifs is 2. The van der Waals surface area contributed by atoms with Crippen molar-refractivity contribution in [3.8, 4) is 0 Å². The predicted molar refractivity (Wildman–Crippen MR) is 78.6 cm³/mol. The summed E-state index contributed by atoms with van der Waals surface area (Å²) < 4.78 is 0. The highest BCUT2D eigenvalue weighted by atomic mass is 16.2. The van der Waals surface area contributed by atoms with E-state index >= 15 is 0 Å². The summed E-state index contributed by atoms with van der Waals surface area (Å²) in [6.45, 7) is 5.18. The lowest BCUT2D eigenvalue weighted by Gasteiger charge is -2.24. The largest absolute Gasteiger partial charge is 0.361 e. The topological polar surface area (TPSA) is 48.1 Å². The first kappa shape index (κ1) is 12.0. The van der Waals surface area contributed by atoms with Gasteiger partial charge in [-0.15, -0.1) is 0 Å². The van der Waals surface area contributed by atoms with E-state index in [4.69, 9.17) is 0 Å². The van der Waals surface area contributed by atoms with Gasteiger partial charge >= 0.3 is 0 Å². The van der Waals surface area contributed by atoms with Gasteiger partial charge in [0.25, 0.3) is 5.91 Å². The van der Waals surface area contributed by atoms with Gasteiger partial charge in [-0.25, -0.2) is 0 Å². The zero-order valence-corrected chi connectivity index (χ0v) is 11.6. The van der Waals surface area contributed by atoms with Crippen molar-refractivity contribution >= 4 is 16.8 Å². The first-order valence-corrected chi connectivity index (χ1v) is 7.33. The minimum absolute atomic E-state index is 0.176. The molecule has 0 radical (unpaired) electrons. The fourth-order valence-corrected chi connectivity index (χ4v) is 3.79. The van der Waals surface area contributed by atoms with Crippen molar-refractivity contribution in [1.29, 1.82) is 0 Å². The number of hydrogen-bond acceptors (Lipinski definition) is 2. The maximum absolute atomic E-state index is 12.7. The summed E-state index contributed by atoms with van der Waals surface area (Å²) in [5.74, 6) is 1.43. The van der Waals surface area contributed by atoms with E-state index in [1.807, 2.05) is 30.5 Å². The lowest BCUT2D eigenvalue weighted by atomic mass is 9.95. The summed E-state index contributed by atoms with van der Waals surface area (Å²) in [4.78, 5) is 18.0. The van der Waals surface area contributed by atoms with Gasteiger partial charge in [-0.05, 0) is 43.0 Å². The maximum atomic E-state index is 12.7. The van der Waals surface area contributed by atoms with Crippen LogP contribution in [0, 0.1) is 11.8 Å². The number of benzene rings is 1. The molecule has 4 rings (SSSR count). The first-order valence-electron chi connectivity index (χ1n) is 7.33. The molecule has 4 nitrogen and oxygen atoms in total. The predicted octanol–water partition coefficient (Wildman–Crippen LogP) is 1.85. The van der Waals surface area contributed by atoms with Crippen LogP contribution in [0.15, 0.2) is 30.5 Å². The summed E-state index contributed by atoms with van der Waals surface area (Å²) in [5.41, 5.74) is 1.88. The number of carbonyl (C=O) groups is 1. The van der Waals surface area contributed by atoms with Gasteiger partial charge in [0.05, 0.1) is 0 Å².